The van der Waals surface area contributed by atoms with Gasteiger partial charge in [-0.05, 0) is 12.1 Å². The van der Waals surface area contributed by atoms with Crippen LogP contribution >= 0.6 is 22.6 Å². The zero-order valence-electron chi connectivity index (χ0n) is 7.40. The Morgan fingerprint density at radius 3 is 2.71 bits per heavy atom. The summed E-state index contributed by atoms with van der Waals surface area (Å²) in [4.78, 5) is 0. The molecule has 1 heterocycles. The third-order valence-electron chi connectivity index (χ3n) is 1.74. The van der Waals surface area contributed by atoms with Crippen LogP contribution in [-0.2, 0) is 0 Å². The first-order chi connectivity index (χ1) is 6.81. The van der Waals surface area contributed by atoms with Crippen LogP contribution in [0.4, 0.5) is 0 Å². The monoisotopic (exact) mass is 302 g/mol. The fourth-order valence-corrected chi connectivity index (χ4v) is 1.45. The van der Waals surface area contributed by atoms with E-state index in [0.29, 0.717) is 9.79 Å². The Kier molecular flexibility index (Phi) is 2.67. The van der Waals surface area contributed by atoms with E-state index in [1.807, 2.05) is 46.9 Å². The van der Waals surface area contributed by atoms with Crippen molar-refractivity contribution in [2.24, 2.45) is 0 Å². The SMILES string of the molecule is COc1ccccc1-c1nnc(I)o1. The van der Waals surface area contributed by atoms with Crippen molar-refractivity contribution in [2.45, 2.75) is 0 Å². The van der Waals surface area contributed by atoms with Crippen LogP contribution in [-0.4, -0.2) is 17.3 Å². The van der Waals surface area contributed by atoms with Gasteiger partial charge in [0.15, 0.2) is 0 Å². The minimum absolute atomic E-state index is 0.479. The number of para-hydroxylation sites is 1. The molecule has 0 saturated heterocycles. The molecule has 0 amide bonds. The second kappa shape index (κ2) is 3.95. The lowest BCUT2D eigenvalue weighted by molar-refractivity contribution is 0.414. The molecule has 1 aromatic heterocycles. The third-order valence-corrected chi connectivity index (χ3v) is 2.17. The molecule has 0 unspecified atom stereocenters. The van der Waals surface area contributed by atoms with E-state index in [4.69, 9.17) is 9.15 Å². The molecule has 0 aliphatic carbocycles. The first-order valence-corrected chi connectivity index (χ1v) is 5.01. The average Bonchev–Trinajstić information content (AvgIpc) is 2.65. The molecule has 5 heteroatoms. The van der Waals surface area contributed by atoms with Gasteiger partial charge >= 0.3 is 0 Å². The molecule has 4 nitrogen and oxygen atoms in total. The van der Waals surface area contributed by atoms with Gasteiger partial charge in [-0.1, -0.05) is 12.1 Å². The van der Waals surface area contributed by atoms with Crippen LogP contribution in [0.25, 0.3) is 11.5 Å². The van der Waals surface area contributed by atoms with E-state index in [2.05, 4.69) is 10.2 Å². The lowest BCUT2D eigenvalue weighted by Crippen LogP contribution is -1.87. The van der Waals surface area contributed by atoms with Gasteiger partial charge in [0.05, 0.1) is 12.7 Å². The Bertz CT molecular complexity index is 442. The molecule has 0 spiro atoms. The van der Waals surface area contributed by atoms with Gasteiger partial charge in [-0.3, -0.25) is 0 Å². The second-order valence-electron chi connectivity index (χ2n) is 2.56. The topological polar surface area (TPSA) is 48.2 Å². The van der Waals surface area contributed by atoms with Gasteiger partial charge < -0.3 is 9.15 Å². The Balaban J connectivity index is 2.50. The zero-order valence-corrected chi connectivity index (χ0v) is 9.56. The number of nitrogens with zero attached hydrogens (tertiary/aromatic N) is 2. The van der Waals surface area contributed by atoms with E-state index >= 15 is 0 Å². The molecule has 14 heavy (non-hydrogen) atoms. The predicted molar refractivity (Wildman–Crippen MR) is 59.0 cm³/mol. The zero-order chi connectivity index (χ0) is 9.97. The fraction of sp³-hybridized carbons (Fsp3) is 0.111. The van der Waals surface area contributed by atoms with Crippen molar-refractivity contribution in [3.63, 3.8) is 0 Å². The van der Waals surface area contributed by atoms with Crippen molar-refractivity contribution >= 4 is 22.6 Å². The third kappa shape index (κ3) is 1.72. The van der Waals surface area contributed by atoms with Gasteiger partial charge in [0.2, 0.25) is 0 Å². The van der Waals surface area contributed by atoms with E-state index < -0.39 is 0 Å². The number of benzene rings is 1. The minimum Gasteiger partial charge on any atom is -0.496 e. The van der Waals surface area contributed by atoms with Crippen molar-refractivity contribution in [1.82, 2.24) is 10.2 Å². The first kappa shape index (κ1) is 9.45. The lowest BCUT2D eigenvalue weighted by atomic mass is 10.2. The van der Waals surface area contributed by atoms with Crippen LogP contribution in [0.5, 0.6) is 5.75 Å². The Labute approximate surface area is 94.4 Å². The largest absolute Gasteiger partial charge is 0.496 e. The summed E-state index contributed by atoms with van der Waals surface area (Å²) in [5.74, 6) is 1.21. The van der Waals surface area contributed by atoms with Crippen LogP contribution in [0.15, 0.2) is 28.7 Å². The Hall–Kier alpha value is -1.11. The highest BCUT2D eigenvalue weighted by Gasteiger charge is 2.10. The molecule has 0 radical (unpaired) electrons. The van der Waals surface area contributed by atoms with Crippen LogP contribution in [0.2, 0.25) is 0 Å². The van der Waals surface area contributed by atoms with Crippen LogP contribution in [0, 0.1) is 3.90 Å². The van der Waals surface area contributed by atoms with Crippen molar-refractivity contribution in [3.8, 4) is 17.2 Å². The second-order valence-corrected chi connectivity index (χ2v) is 3.48. The quantitative estimate of drug-likeness (QED) is 0.799. The summed E-state index contributed by atoms with van der Waals surface area (Å²) < 4.78 is 11.0. The molecule has 0 atom stereocenters. The lowest BCUT2D eigenvalue weighted by Gasteiger charge is -2.02. The van der Waals surface area contributed by atoms with E-state index in [0.717, 1.165) is 11.3 Å². The minimum atomic E-state index is 0.479. The van der Waals surface area contributed by atoms with Gasteiger partial charge in [0.1, 0.15) is 5.75 Å². The van der Waals surface area contributed by atoms with E-state index in [9.17, 15) is 0 Å². The number of rotatable bonds is 2. The number of aromatic nitrogens is 2. The molecular weight excluding hydrogens is 295 g/mol. The van der Waals surface area contributed by atoms with Gasteiger partial charge in [0.25, 0.3) is 9.79 Å². The molecule has 0 fully saturated rings. The summed E-state index contributed by atoms with van der Waals surface area (Å²) in [5.41, 5.74) is 0.811. The highest BCUT2D eigenvalue weighted by molar-refractivity contribution is 14.1. The summed E-state index contributed by atoms with van der Waals surface area (Å²) in [6, 6.07) is 7.52. The highest BCUT2D eigenvalue weighted by atomic mass is 127. The van der Waals surface area contributed by atoms with Crippen molar-refractivity contribution in [1.29, 1.82) is 0 Å². The first-order valence-electron chi connectivity index (χ1n) is 3.93. The van der Waals surface area contributed by atoms with Gasteiger partial charge in [-0.15, -0.1) is 10.2 Å². The number of hydrogen-bond acceptors (Lipinski definition) is 4. The highest BCUT2D eigenvalue weighted by Crippen LogP contribution is 2.28. The smallest absolute Gasteiger partial charge is 0.278 e. The normalized spacial score (nSPS) is 10.1. The van der Waals surface area contributed by atoms with E-state index in [1.54, 1.807) is 7.11 Å². The fourth-order valence-electron chi connectivity index (χ4n) is 1.14. The molecule has 0 aliphatic heterocycles. The molecule has 0 saturated carbocycles. The van der Waals surface area contributed by atoms with E-state index in [-0.39, 0.29) is 0 Å². The number of ether oxygens (including phenoxy) is 1. The van der Waals surface area contributed by atoms with Gasteiger partial charge in [-0.25, -0.2) is 0 Å². The molecule has 1 aromatic carbocycles. The van der Waals surface area contributed by atoms with Crippen molar-refractivity contribution in [2.75, 3.05) is 7.11 Å². The number of halogens is 1. The average molecular weight is 302 g/mol. The van der Waals surface area contributed by atoms with Crippen molar-refractivity contribution in [3.05, 3.63) is 28.2 Å². The molecular formula is C9H7IN2O2. The Morgan fingerprint density at radius 2 is 2.07 bits per heavy atom. The summed E-state index contributed by atoms with van der Waals surface area (Å²) in [6.45, 7) is 0. The van der Waals surface area contributed by atoms with Crippen LogP contribution in [0.1, 0.15) is 0 Å². The summed E-state index contributed by atoms with van der Waals surface area (Å²) >= 11 is 1.97. The molecule has 2 aromatic rings. The Morgan fingerprint density at radius 1 is 1.29 bits per heavy atom. The number of methoxy groups -OCH3 is 1. The van der Waals surface area contributed by atoms with Gasteiger partial charge in [0, 0.05) is 22.6 Å². The molecule has 0 aliphatic rings. The molecule has 2 rings (SSSR count). The van der Waals surface area contributed by atoms with Gasteiger partial charge in [-0.2, -0.15) is 0 Å². The standard InChI is InChI=1S/C9H7IN2O2/c1-13-7-5-3-2-4-6(7)8-11-12-9(10)14-8/h2-5H,1H3. The molecule has 72 valence electrons. The molecule has 0 bridgehead atoms. The van der Waals surface area contributed by atoms with Crippen LogP contribution in [0.3, 0.4) is 0 Å². The van der Waals surface area contributed by atoms with E-state index in [1.165, 1.54) is 0 Å². The number of hydrogen-bond donors (Lipinski definition) is 0. The van der Waals surface area contributed by atoms with Crippen molar-refractivity contribution < 1.29 is 9.15 Å². The summed E-state index contributed by atoms with van der Waals surface area (Å²) in [6.07, 6.45) is 0. The van der Waals surface area contributed by atoms with Crippen LogP contribution < -0.4 is 4.74 Å². The summed E-state index contributed by atoms with van der Waals surface area (Å²) in [7, 11) is 1.61. The molecule has 0 N–H and O–H groups in total. The summed E-state index contributed by atoms with van der Waals surface area (Å²) in [5, 5.41) is 7.67. The maximum atomic E-state index is 5.30. The predicted octanol–water partition coefficient (Wildman–Crippen LogP) is 2.35. The maximum Gasteiger partial charge on any atom is 0.278 e. The maximum absolute atomic E-state index is 5.30.